The molecule has 0 aromatic heterocycles. The molecule has 0 aliphatic heterocycles. The molecule has 10 rings (SSSR count). The smallest absolute Gasteiger partial charge is 0.310 e. The van der Waals surface area contributed by atoms with Gasteiger partial charge in [0.25, 0.3) is 0 Å². The van der Waals surface area contributed by atoms with Gasteiger partial charge in [0.2, 0.25) is 0 Å². The summed E-state index contributed by atoms with van der Waals surface area (Å²) in [5.41, 5.74) is 6.45. The van der Waals surface area contributed by atoms with E-state index >= 15 is 0 Å². The van der Waals surface area contributed by atoms with Crippen molar-refractivity contribution in [2.24, 2.45) is 23.2 Å². The third-order valence-corrected chi connectivity index (χ3v) is 15.1. The number of hydrogen-bond acceptors (Lipinski definition) is 10. The number of aromatic hydroxyl groups is 3. The molecule has 0 amide bonds. The van der Waals surface area contributed by atoms with Gasteiger partial charge in [-0.15, -0.1) is 0 Å². The van der Waals surface area contributed by atoms with Crippen LogP contribution < -0.4 is 9.47 Å². The van der Waals surface area contributed by atoms with Crippen molar-refractivity contribution >= 4 is 28.8 Å². The molecule has 4 N–H and O–H groups in total. The van der Waals surface area contributed by atoms with E-state index in [2.05, 4.69) is 12.2 Å². The minimum Gasteiger partial charge on any atom is -0.508 e. The molecule has 4 aliphatic rings. The standard InChI is InChI=1S/C56H54O10/c1-31(57)65-51-27-39(66-54(62)19-33-14-15-35-20-38(58)25-41(40(35)18-33)34-12-8-5-9-13-34)26-44-42-29-53(64-3)49(60)23-36(42)21-45-48(59)30-46-43-28-50(61)52(63-2)24-37(43)22-47(51)56(46,55(44)45)17-16-32-10-6-4-7-11-32/h4-18,20,23-25,28-29,39,44-48,51,55,58-61H,19,21-22,26-27,30H2,1-3H3/b17-16+/t39-,44+,45+,46-,47+,48-,51+,55-,56+/m0/s1. The zero-order valence-corrected chi connectivity index (χ0v) is 37.2. The molecule has 10 nitrogen and oxygen atoms in total. The SMILES string of the molecule is COc1cc2c(cc1O)[C@@H]1C[C@H](O)[C@H]3Cc4cc(O)c(OC)cc4[C@H]4C[C@H](OC(=O)Cc5ccc6cc(O)cc(-c7ccccc7)c6c5)C[C@@H](OC(C)=O)[C@@H](C2)[C@]1(/C=C/c1ccccc1)[C@H]34. The Labute approximate surface area is 384 Å². The van der Waals surface area contributed by atoms with Crippen molar-refractivity contribution in [1.29, 1.82) is 0 Å². The molecular weight excluding hydrogens is 833 g/mol. The van der Waals surface area contributed by atoms with Gasteiger partial charge in [-0.3, -0.25) is 9.59 Å². The molecule has 2 saturated carbocycles. The topological polar surface area (TPSA) is 152 Å². The van der Waals surface area contributed by atoms with Gasteiger partial charge in [-0.1, -0.05) is 84.9 Å². The summed E-state index contributed by atoms with van der Waals surface area (Å²) in [6, 6.07) is 36.4. The molecule has 10 heteroatoms. The number of methoxy groups -OCH3 is 2. The van der Waals surface area contributed by atoms with Crippen LogP contribution in [0.1, 0.15) is 71.4 Å². The van der Waals surface area contributed by atoms with Crippen molar-refractivity contribution in [1.82, 2.24) is 0 Å². The molecule has 66 heavy (non-hydrogen) atoms. The van der Waals surface area contributed by atoms with Crippen molar-refractivity contribution in [3.63, 3.8) is 0 Å². The monoisotopic (exact) mass is 886 g/mol. The normalized spacial score (nSPS) is 26.2. The highest BCUT2D eigenvalue weighted by molar-refractivity contribution is 5.98. The molecule has 0 bridgehead atoms. The van der Waals surface area contributed by atoms with Gasteiger partial charge in [0.05, 0.1) is 26.7 Å². The van der Waals surface area contributed by atoms with Crippen LogP contribution in [0.15, 0.2) is 121 Å². The van der Waals surface area contributed by atoms with E-state index in [0.717, 1.165) is 55.3 Å². The summed E-state index contributed by atoms with van der Waals surface area (Å²) < 4.78 is 24.5. The maximum absolute atomic E-state index is 14.4. The van der Waals surface area contributed by atoms with Gasteiger partial charge >= 0.3 is 11.9 Å². The lowest BCUT2D eigenvalue weighted by atomic mass is 9.40. The number of benzene rings is 6. The second kappa shape index (κ2) is 17.2. The molecule has 0 heterocycles. The molecule has 0 radical (unpaired) electrons. The number of rotatable bonds is 9. The van der Waals surface area contributed by atoms with Gasteiger partial charge in [0.1, 0.15) is 18.0 Å². The van der Waals surface area contributed by atoms with E-state index in [4.69, 9.17) is 18.9 Å². The predicted molar refractivity (Wildman–Crippen MR) is 251 cm³/mol. The number of allylic oxidation sites excluding steroid dienone is 1. The highest BCUT2D eigenvalue weighted by Gasteiger charge is 2.65. The Morgan fingerprint density at radius 1 is 0.742 bits per heavy atom. The summed E-state index contributed by atoms with van der Waals surface area (Å²) in [6.07, 6.45) is 4.06. The number of aliphatic hydroxyl groups is 1. The average Bonchev–Trinajstić information content (AvgIpc) is 3.30. The van der Waals surface area contributed by atoms with Crippen molar-refractivity contribution in [2.45, 2.75) is 75.6 Å². The van der Waals surface area contributed by atoms with Crippen LogP contribution in [0.3, 0.4) is 0 Å². The second-order valence-electron chi connectivity index (χ2n) is 18.7. The molecule has 4 aliphatic carbocycles. The Kier molecular flexibility index (Phi) is 11.3. The number of aliphatic hydroxyl groups excluding tert-OH is 1. The van der Waals surface area contributed by atoms with Crippen LogP contribution in [0.4, 0.5) is 0 Å². The first-order chi connectivity index (χ1) is 31.9. The van der Waals surface area contributed by atoms with Gasteiger partial charge < -0.3 is 39.4 Å². The lowest BCUT2D eigenvalue weighted by molar-refractivity contribution is -0.175. The van der Waals surface area contributed by atoms with Gasteiger partial charge in [0, 0.05) is 24.7 Å². The highest BCUT2D eigenvalue weighted by Crippen LogP contribution is 2.69. The number of ether oxygens (including phenoxy) is 4. The molecule has 0 saturated heterocycles. The Morgan fingerprint density at radius 3 is 2.20 bits per heavy atom. The van der Waals surface area contributed by atoms with E-state index in [1.807, 2.05) is 91.0 Å². The van der Waals surface area contributed by atoms with Gasteiger partial charge in [-0.05, 0) is 147 Å². The number of esters is 2. The van der Waals surface area contributed by atoms with Crippen molar-refractivity contribution < 1.29 is 49.0 Å². The molecule has 9 atom stereocenters. The molecule has 6 aromatic carbocycles. The lowest BCUT2D eigenvalue weighted by Crippen LogP contribution is -2.62. The van der Waals surface area contributed by atoms with E-state index in [-0.39, 0.29) is 59.7 Å². The van der Waals surface area contributed by atoms with Crippen molar-refractivity contribution in [3.05, 3.63) is 155 Å². The highest BCUT2D eigenvalue weighted by atomic mass is 16.6. The van der Waals surface area contributed by atoms with E-state index in [0.29, 0.717) is 37.2 Å². The van der Waals surface area contributed by atoms with E-state index in [9.17, 15) is 30.0 Å². The van der Waals surface area contributed by atoms with Crippen LogP contribution >= 0.6 is 0 Å². The molecule has 338 valence electrons. The van der Waals surface area contributed by atoms with Crippen LogP contribution in [0.5, 0.6) is 28.7 Å². The molecule has 6 aromatic rings. The van der Waals surface area contributed by atoms with Crippen LogP contribution in [0, 0.1) is 23.2 Å². The zero-order valence-electron chi connectivity index (χ0n) is 37.2. The lowest BCUT2D eigenvalue weighted by Gasteiger charge is -2.64. The van der Waals surface area contributed by atoms with Gasteiger partial charge in [0.15, 0.2) is 23.0 Å². The van der Waals surface area contributed by atoms with Gasteiger partial charge in [-0.2, -0.15) is 0 Å². The fraction of sp³-hybridized carbons (Fsp3) is 0.321. The Bertz CT molecular complexity index is 2860. The third kappa shape index (κ3) is 7.60. The quantitative estimate of drug-likeness (QED) is 0.103. The number of phenolic OH excluding ortho intramolecular Hbond substituents is 3. The minimum atomic E-state index is -0.780. The molecule has 2 fully saturated rings. The fourth-order valence-corrected chi connectivity index (χ4v) is 12.6. The summed E-state index contributed by atoms with van der Waals surface area (Å²) in [4.78, 5) is 27.8. The van der Waals surface area contributed by atoms with Crippen LogP contribution in [-0.4, -0.2) is 64.9 Å². The Balaban J connectivity index is 1.12. The van der Waals surface area contributed by atoms with Gasteiger partial charge in [-0.25, -0.2) is 0 Å². The van der Waals surface area contributed by atoms with E-state index in [1.165, 1.54) is 21.1 Å². The Morgan fingerprint density at radius 2 is 1.45 bits per heavy atom. The summed E-state index contributed by atoms with van der Waals surface area (Å²) in [7, 11) is 3.04. The minimum absolute atomic E-state index is 0.00876. The first-order valence-corrected chi connectivity index (χ1v) is 22.8. The summed E-state index contributed by atoms with van der Waals surface area (Å²) in [6.45, 7) is 1.41. The summed E-state index contributed by atoms with van der Waals surface area (Å²) >= 11 is 0. The molecule has 0 spiro atoms. The number of phenols is 3. The van der Waals surface area contributed by atoms with Crippen molar-refractivity contribution in [3.8, 4) is 39.9 Å². The average molecular weight is 887 g/mol. The maximum Gasteiger partial charge on any atom is 0.310 e. The zero-order chi connectivity index (χ0) is 45.9. The molecule has 0 unspecified atom stereocenters. The molecular formula is C56H54O10. The van der Waals surface area contributed by atoms with E-state index in [1.54, 1.807) is 24.3 Å². The summed E-state index contributed by atoms with van der Waals surface area (Å²) in [5.74, 6) is -1.68. The second-order valence-corrected chi connectivity index (χ2v) is 18.7. The largest absolute Gasteiger partial charge is 0.508 e. The first-order valence-electron chi connectivity index (χ1n) is 22.8. The van der Waals surface area contributed by atoms with E-state index < -0.39 is 35.7 Å². The maximum atomic E-state index is 14.4. The third-order valence-electron chi connectivity index (χ3n) is 15.1. The Hall–Kier alpha value is -6.78. The van der Waals surface area contributed by atoms with Crippen LogP contribution in [0.25, 0.3) is 28.0 Å². The number of fused-ring (bicyclic) bond motifs is 5. The fourth-order valence-electron chi connectivity index (χ4n) is 12.6. The first kappa shape index (κ1) is 43.1. The number of carbonyl (C=O) groups is 2. The summed E-state index contributed by atoms with van der Waals surface area (Å²) in [5, 5.41) is 47.4. The van der Waals surface area contributed by atoms with Crippen molar-refractivity contribution in [2.75, 3.05) is 14.2 Å². The number of carbonyl (C=O) groups excluding carboxylic acids is 2. The van der Waals surface area contributed by atoms with Crippen LogP contribution in [-0.2, 0) is 38.3 Å². The van der Waals surface area contributed by atoms with Crippen LogP contribution in [0.2, 0.25) is 0 Å². The predicted octanol–water partition coefficient (Wildman–Crippen LogP) is 9.81. The number of hydrogen-bond donors (Lipinski definition) is 4.